The van der Waals surface area contributed by atoms with E-state index in [1.165, 1.54) is 0 Å². The Balaban J connectivity index is 0.000000364. The van der Waals surface area contributed by atoms with Crippen LogP contribution >= 0.6 is 11.3 Å². The summed E-state index contributed by atoms with van der Waals surface area (Å²) in [5, 5.41) is 11.3. The second-order valence-corrected chi connectivity index (χ2v) is 8.58. The van der Waals surface area contributed by atoms with Crippen LogP contribution in [-0.2, 0) is 11.3 Å². The average molecular weight is 504 g/mol. The summed E-state index contributed by atoms with van der Waals surface area (Å²) in [6, 6.07) is 12.2. The van der Waals surface area contributed by atoms with Gasteiger partial charge in [0, 0.05) is 17.8 Å². The van der Waals surface area contributed by atoms with Crippen LogP contribution in [0.15, 0.2) is 48.1 Å². The molecule has 4 aromatic rings. The van der Waals surface area contributed by atoms with Gasteiger partial charge in [-0.1, -0.05) is 12.1 Å². The predicted octanol–water partition coefficient (Wildman–Crippen LogP) is 5.06. The van der Waals surface area contributed by atoms with E-state index in [1.807, 2.05) is 38.2 Å². The first-order chi connectivity index (χ1) is 16.6. The van der Waals surface area contributed by atoms with Crippen LogP contribution < -0.4 is 14.4 Å². The zero-order chi connectivity index (χ0) is 25.2. The molecule has 0 spiro atoms. The van der Waals surface area contributed by atoms with Crippen LogP contribution in [0.2, 0.25) is 0 Å². The van der Waals surface area contributed by atoms with Gasteiger partial charge >= 0.3 is 12.1 Å². The van der Waals surface area contributed by atoms with Gasteiger partial charge in [0.25, 0.3) is 0 Å². The van der Waals surface area contributed by atoms with E-state index >= 15 is 0 Å². The number of alkyl halides is 3. The standard InChI is InChI=1S/C21H18N4O2S.C2HF3O2/c1-13-24-16(10-28-13)9-25(2)21-17-7-14(3-5-18(17)22-11-23-21)15-4-6-19-20(8-15)27-12-26-19;3-2(4,5)1(6)7/h3-8,10-11H,9,12H2,1-2H3;(H,6,7). The van der Waals surface area contributed by atoms with Crippen molar-refractivity contribution < 1.29 is 32.5 Å². The lowest BCUT2D eigenvalue weighted by molar-refractivity contribution is -0.192. The van der Waals surface area contributed by atoms with Crippen molar-refractivity contribution in [3.63, 3.8) is 0 Å². The Labute approximate surface area is 201 Å². The summed E-state index contributed by atoms with van der Waals surface area (Å²) in [6.07, 6.45) is -3.47. The van der Waals surface area contributed by atoms with E-state index in [1.54, 1.807) is 17.7 Å². The fraction of sp³-hybridized carbons (Fsp3) is 0.217. The van der Waals surface area contributed by atoms with Crippen LogP contribution in [0.3, 0.4) is 0 Å². The summed E-state index contributed by atoms with van der Waals surface area (Å²) < 4.78 is 42.7. The maximum Gasteiger partial charge on any atom is 0.490 e. The molecule has 0 saturated heterocycles. The third-order valence-electron chi connectivity index (χ3n) is 4.99. The molecule has 182 valence electrons. The molecule has 1 N–H and O–H groups in total. The normalized spacial score (nSPS) is 12.3. The molecule has 2 aromatic heterocycles. The van der Waals surface area contributed by atoms with E-state index in [-0.39, 0.29) is 6.79 Å². The lowest BCUT2D eigenvalue weighted by atomic mass is 10.0. The number of aromatic nitrogens is 3. The Morgan fingerprint density at radius 1 is 1.11 bits per heavy atom. The van der Waals surface area contributed by atoms with Crippen LogP contribution in [0.25, 0.3) is 22.0 Å². The molecule has 8 nitrogen and oxygen atoms in total. The lowest BCUT2D eigenvalue weighted by Crippen LogP contribution is -2.21. The number of anilines is 1. The number of carbonyl (C=O) groups is 1. The van der Waals surface area contributed by atoms with Crippen LogP contribution in [0, 0.1) is 6.92 Å². The minimum Gasteiger partial charge on any atom is -0.475 e. The number of halogens is 3. The molecule has 1 aliphatic rings. The second-order valence-electron chi connectivity index (χ2n) is 7.51. The first-order valence-corrected chi connectivity index (χ1v) is 11.1. The second kappa shape index (κ2) is 9.74. The van der Waals surface area contributed by atoms with Crippen molar-refractivity contribution in [3.05, 3.63) is 58.8 Å². The Morgan fingerprint density at radius 2 is 1.80 bits per heavy atom. The number of carboxylic acids is 1. The van der Waals surface area contributed by atoms with E-state index in [4.69, 9.17) is 19.4 Å². The van der Waals surface area contributed by atoms with Crippen molar-refractivity contribution in [3.8, 4) is 22.6 Å². The zero-order valence-corrected chi connectivity index (χ0v) is 19.4. The number of aliphatic carboxylic acids is 1. The Bertz CT molecular complexity index is 1380. The SMILES string of the molecule is Cc1nc(CN(C)c2ncnc3ccc(-c4ccc5c(c4)OCO5)cc23)cs1.O=C(O)C(F)(F)F. The van der Waals surface area contributed by atoms with Gasteiger partial charge in [-0.15, -0.1) is 11.3 Å². The molecule has 3 heterocycles. The molecule has 0 amide bonds. The van der Waals surface area contributed by atoms with Gasteiger partial charge in [-0.3, -0.25) is 0 Å². The molecule has 0 bridgehead atoms. The Hall–Kier alpha value is -3.93. The number of carboxylic acid groups (broad SMARTS) is 1. The molecule has 0 saturated carbocycles. The average Bonchev–Trinajstić information content (AvgIpc) is 3.46. The van der Waals surface area contributed by atoms with E-state index in [2.05, 4.69) is 37.4 Å². The number of rotatable bonds is 4. The highest BCUT2D eigenvalue weighted by molar-refractivity contribution is 7.09. The third kappa shape index (κ3) is 5.60. The summed E-state index contributed by atoms with van der Waals surface area (Å²) in [7, 11) is 2.03. The maximum absolute atomic E-state index is 10.6. The number of thiazole rings is 1. The van der Waals surface area contributed by atoms with E-state index in [0.717, 1.165) is 50.0 Å². The van der Waals surface area contributed by atoms with Gasteiger partial charge in [0.2, 0.25) is 6.79 Å². The lowest BCUT2D eigenvalue weighted by Gasteiger charge is -2.19. The van der Waals surface area contributed by atoms with Gasteiger partial charge in [0.1, 0.15) is 12.1 Å². The number of ether oxygens (including phenoxy) is 2. The first kappa shape index (κ1) is 24.2. The molecule has 1 aliphatic heterocycles. The molecule has 0 unspecified atom stereocenters. The molecular weight excluding hydrogens is 485 g/mol. The Kier molecular flexibility index (Phi) is 6.74. The summed E-state index contributed by atoms with van der Waals surface area (Å²) in [5.74, 6) is -0.309. The molecule has 2 aromatic carbocycles. The molecule has 0 atom stereocenters. The van der Waals surface area contributed by atoms with Gasteiger partial charge in [0.15, 0.2) is 11.5 Å². The van der Waals surface area contributed by atoms with Crippen LogP contribution in [-0.4, -0.2) is 46.0 Å². The molecule has 0 fully saturated rings. The summed E-state index contributed by atoms with van der Waals surface area (Å²) in [5.41, 5.74) is 4.11. The van der Waals surface area contributed by atoms with E-state index in [9.17, 15) is 13.2 Å². The predicted molar refractivity (Wildman–Crippen MR) is 124 cm³/mol. The maximum atomic E-state index is 10.6. The smallest absolute Gasteiger partial charge is 0.475 e. The summed E-state index contributed by atoms with van der Waals surface area (Å²) in [6.45, 7) is 2.99. The van der Waals surface area contributed by atoms with Gasteiger partial charge in [-0.05, 0) is 42.3 Å². The van der Waals surface area contributed by atoms with Crippen molar-refractivity contribution in [2.24, 2.45) is 0 Å². The van der Waals surface area contributed by atoms with Gasteiger partial charge in [-0.25, -0.2) is 19.7 Å². The van der Waals surface area contributed by atoms with E-state index in [0.29, 0.717) is 6.54 Å². The minimum absolute atomic E-state index is 0.273. The highest BCUT2D eigenvalue weighted by Crippen LogP contribution is 2.37. The number of nitrogens with zero attached hydrogens (tertiary/aromatic N) is 4. The van der Waals surface area contributed by atoms with Crippen molar-refractivity contribution in [1.29, 1.82) is 0 Å². The topological polar surface area (TPSA) is 97.7 Å². The molecule has 12 heteroatoms. The zero-order valence-electron chi connectivity index (χ0n) is 18.5. The van der Waals surface area contributed by atoms with Crippen molar-refractivity contribution in [2.45, 2.75) is 19.6 Å². The highest BCUT2D eigenvalue weighted by Gasteiger charge is 2.38. The highest BCUT2D eigenvalue weighted by atomic mass is 32.1. The monoisotopic (exact) mass is 504 g/mol. The molecule has 0 aliphatic carbocycles. The van der Waals surface area contributed by atoms with Gasteiger partial charge < -0.3 is 19.5 Å². The quantitative estimate of drug-likeness (QED) is 0.412. The first-order valence-electron chi connectivity index (χ1n) is 10.2. The van der Waals surface area contributed by atoms with E-state index < -0.39 is 12.1 Å². The third-order valence-corrected chi connectivity index (χ3v) is 5.81. The van der Waals surface area contributed by atoms with Crippen molar-refractivity contribution >= 4 is 34.0 Å². The fourth-order valence-corrected chi connectivity index (χ4v) is 4.01. The number of hydrogen-bond acceptors (Lipinski definition) is 8. The fourth-order valence-electron chi connectivity index (χ4n) is 3.40. The number of fused-ring (bicyclic) bond motifs is 2. The number of hydrogen-bond donors (Lipinski definition) is 1. The largest absolute Gasteiger partial charge is 0.490 e. The summed E-state index contributed by atoms with van der Waals surface area (Å²) >= 11 is 1.66. The number of aryl methyl sites for hydroxylation is 1. The molecular formula is C23H19F3N4O4S. The minimum atomic E-state index is -5.08. The van der Waals surface area contributed by atoms with Crippen LogP contribution in [0.1, 0.15) is 10.7 Å². The number of benzene rings is 2. The summed E-state index contributed by atoms with van der Waals surface area (Å²) in [4.78, 5) is 24.6. The van der Waals surface area contributed by atoms with Crippen molar-refractivity contribution in [1.82, 2.24) is 15.0 Å². The van der Waals surface area contributed by atoms with Crippen LogP contribution in [0.5, 0.6) is 11.5 Å². The van der Waals surface area contributed by atoms with Crippen molar-refractivity contribution in [2.75, 3.05) is 18.7 Å². The van der Waals surface area contributed by atoms with Crippen LogP contribution in [0.4, 0.5) is 19.0 Å². The molecule has 5 rings (SSSR count). The van der Waals surface area contributed by atoms with Gasteiger partial charge in [0.05, 0.1) is 22.8 Å². The van der Waals surface area contributed by atoms with Gasteiger partial charge in [-0.2, -0.15) is 13.2 Å². The molecule has 0 radical (unpaired) electrons. The Morgan fingerprint density at radius 3 is 2.49 bits per heavy atom. The molecule has 35 heavy (non-hydrogen) atoms.